The first-order chi connectivity index (χ1) is 69.0. The minimum absolute atomic E-state index is 0.197. The summed E-state index contributed by atoms with van der Waals surface area (Å²) < 4.78 is 13.2. The topological polar surface area (TPSA) is 32.8 Å². The molecule has 0 saturated carbocycles. The van der Waals surface area contributed by atoms with Crippen LogP contribution in [0.5, 0.6) is 0 Å². The molecule has 0 radical (unpaired) electrons. The largest absolute Gasteiger partial charge is 0.456 e. The van der Waals surface area contributed by atoms with E-state index in [0.717, 1.165) is 107 Å². The Labute approximate surface area is 813 Å². The quantitative estimate of drug-likeness (QED) is 0.0965. The minimum Gasteiger partial charge on any atom is -0.456 e. The van der Waals surface area contributed by atoms with Crippen molar-refractivity contribution in [2.24, 2.45) is 0 Å². The number of hydrogen-bond acceptors (Lipinski definition) is 4. The number of benzene rings is 22. The van der Waals surface area contributed by atoms with Crippen LogP contribution in [-0.2, 0) is 28.1 Å². The molecule has 0 N–H and O–H groups in total. The first-order valence-corrected chi connectivity index (χ1v) is 48.9. The summed E-state index contributed by atoms with van der Waals surface area (Å²) in [6.45, 7) is 7.27. The fourth-order valence-electron chi connectivity index (χ4n) is 25.5. The molecule has 4 aliphatic carbocycles. The van der Waals surface area contributed by atoms with Crippen LogP contribution in [0, 0.1) is 0 Å². The van der Waals surface area contributed by atoms with E-state index in [-0.39, 0.29) is 5.41 Å². The molecule has 4 aliphatic rings. The highest BCUT2D eigenvalue weighted by Gasteiger charge is 2.50. The van der Waals surface area contributed by atoms with Crippen molar-refractivity contribution in [1.29, 1.82) is 0 Å². The van der Waals surface area contributed by atoms with Crippen LogP contribution >= 0.6 is 0 Å². The Morgan fingerprint density at radius 3 is 1.16 bits per heavy atom. The Morgan fingerprint density at radius 1 is 0.200 bits per heavy atom. The molecule has 0 spiro atoms. The van der Waals surface area contributed by atoms with Crippen molar-refractivity contribution in [3.63, 3.8) is 0 Å². The average Bonchev–Trinajstić information content (AvgIpc) is 1.53. The Bertz CT molecular complexity index is 9230. The molecule has 0 saturated heterocycles. The van der Waals surface area contributed by atoms with Crippen LogP contribution in [0.4, 0.5) is 34.1 Å². The normalized spacial score (nSPS) is 16.0. The molecular formula is C136H92N2O2. The Hall–Kier alpha value is -17.4. The average molecular weight is 1790 g/mol. The Morgan fingerprint density at radius 2 is 0.586 bits per heavy atom. The molecule has 28 rings (SSSR count). The minimum atomic E-state index is -0.726. The smallest absolute Gasteiger partial charge is 0.135 e. The van der Waals surface area contributed by atoms with Crippen LogP contribution in [0.2, 0.25) is 0 Å². The lowest BCUT2D eigenvalue weighted by atomic mass is 9.67. The van der Waals surface area contributed by atoms with E-state index < -0.39 is 16.2 Å². The molecule has 3 atom stereocenters. The predicted molar refractivity (Wildman–Crippen MR) is 581 cm³/mol. The van der Waals surface area contributed by atoms with E-state index in [4.69, 9.17) is 8.83 Å². The van der Waals surface area contributed by atoms with Gasteiger partial charge in [0.1, 0.15) is 22.3 Å². The van der Waals surface area contributed by atoms with Gasteiger partial charge in [-0.25, -0.2) is 0 Å². The number of rotatable bonds is 16. The molecule has 2 aromatic heterocycles. The predicted octanol–water partition coefficient (Wildman–Crippen LogP) is 36.0. The van der Waals surface area contributed by atoms with Crippen LogP contribution in [-0.4, -0.2) is 0 Å². The van der Waals surface area contributed by atoms with Crippen molar-refractivity contribution in [2.45, 2.75) is 48.9 Å². The van der Waals surface area contributed by atoms with Crippen LogP contribution in [0.15, 0.2) is 500 Å². The lowest BCUT2D eigenvalue weighted by Crippen LogP contribution is -2.28. The maximum Gasteiger partial charge on any atom is 0.135 e. The first-order valence-electron chi connectivity index (χ1n) is 48.9. The lowest BCUT2D eigenvalue weighted by Gasteiger charge is -2.35. The monoisotopic (exact) mass is 1780 g/mol. The zero-order valence-corrected chi connectivity index (χ0v) is 77.7. The Balaban J connectivity index is 0.574. The van der Waals surface area contributed by atoms with Crippen molar-refractivity contribution in [1.82, 2.24) is 0 Å². The van der Waals surface area contributed by atoms with Gasteiger partial charge in [-0.1, -0.05) is 409 Å². The molecule has 3 unspecified atom stereocenters. The number of nitrogens with zero attached hydrogens (tertiary/aromatic N) is 2. The summed E-state index contributed by atoms with van der Waals surface area (Å²) in [6, 6.07) is 185. The van der Waals surface area contributed by atoms with Gasteiger partial charge in [0.2, 0.25) is 0 Å². The molecule has 0 aliphatic heterocycles. The highest BCUT2D eigenvalue weighted by molar-refractivity contribution is 6.09. The van der Waals surface area contributed by atoms with Crippen LogP contribution in [0.25, 0.3) is 154 Å². The van der Waals surface area contributed by atoms with Crippen molar-refractivity contribution < 1.29 is 8.83 Å². The van der Waals surface area contributed by atoms with Crippen molar-refractivity contribution in [2.75, 3.05) is 9.80 Å². The molecule has 0 bridgehead atoms. The number of anilines is 6. The second-order valence-corrected chi connectivity index (χ2v) is 39.3. The highest BCUT2D eigenvalue weighted by Crippen LogP contribution is 2.64. The standard InChI is InChI=1S/C136H92N2O2/c1-133(2)117-52-20-14-45-113(117)131-111(50-30-56-121(131)133)107-41-16-24-58-125(107)138(99-75-77-106-104-40-13-23-55-120(104)136(124(106)84-99,93-37-8-5-9-38-93)95-69-79-130-116(82-95)110-44-19-27-61-128(110)140-130)97-72-66-88(67-73-97)100-47-29-48-101-91(34-28-49-102(100)101)85-134(3)118-53-21-15-46-114(118)132-112(51-31-57-122(132)134)108-42-17-25-59-126(108)137(96-70-64-87(65-71-96)90-63-62-86-32-10-11-33-89(86)80-90)98-74-76-105-103-39-12-22-54-119(103)135(123(105)83-98,92-35-6-4-7-36-92)94-68-78-129-115(81-94)109-43-18-26-60-127(109)139-129/h4-84H,85H2,1-3H3. The second kappa shape index (κ2) is 31.3. The molecule has 4 nitrogen and oxygen atoms in total. The summed E-state index contributed by atoms with van der Waals surface area (Å²) in [5, 5.41) is 9.30. The van der Waals surface area contributed by atoms with Gasteiger partial charge in [-0.3, -0.25) is 0 Å². The van der Waals surface area contributed by atoms with Crippen molar-refractivity contribution in [3.05, 3.63) is 564 Å². The third-order valence-electron chi connectivity index (χ3n) is 31.7. The van der Waals surface area contributed by atoms with Gasteiger partial charge in [-0.15, -0.1) is 0 Å². The molecule has 0 amide bonds. The van der Waals surface area contributed by atoms with Crippen molar-refractivity contribution in [3.8, 4) is 89.0 Å². The maximum absolute atomic E-state index is 6.60. The summed E-state index contributed by atoms with van der Waals surface area (Å²) in [5.74, 6) is 0. The van der Waals surface area contributed by atoms with E-state index in [0.29, 0.717) is 0 Å². The summed E-state index contributed by atoms with van der Waals surface area (Å²) >= 11 is 0. The Kier molecular flexibility index (Phi) is 18.1. The molecule has 140 heavy (non-hydrogen) atoms. The van der Waals surface area contributed by atoms with Gasteiger partial charge in [0, 0.05) is 66.3 Å². The molecule has 658 valence electrons. The number of para-hydroxylation sites is 4. The van der Waals surface area contributed by atoms with E-state index in [9.17, 15) is 0 Å². The fraction of sp³-hybridized carbons (Fsp3) is 0.0588. The maximum atomic E-state index is 6.60. The van der Waals surface area contributed by atoms with Crippen LogP contribution in [0.3, 0.4) is 0 Å². The summed E-state index contributed by atoms with van der Waals surface area (Å²) in [5.41, 5.74) is 43.4. The number of furan rings is 2. The van der Waals surface area contributed by atoms with Gasteiger partial charge in [-0.2, -0.15) is 0 Å². The highest BCUT2D eigenvalue weighted by atomic mass is 16.3. The lowest BCUT2D eigenvalue weighted by molar-refractivity contribution is 0.585. The first kappa shape index (κ1) is 81.0. The molecule has 24 aromatic rings. The summed E-state index contributed by atoms with van der Waals surface area (Å²) in [6.07, 6.45) is 0.760. The second-order valence-electron chi connectivity index (χ2n) is 39.3. The summed E-state index contributed by atoms with van der Waals surface area (Å²) in [7, 11) is 0. The van der Waals surface area contributed by atoms with Gasteiger partial charge in [0.05, 0.1) is 22.2 Å². The summed E-state index contributed by atoms with van der Waals surface area (Å²) in [4.78, 5) is 5.07. The third-order valence-corrected chi connectivity index (χ3v) is 31.7. The van der Waals surface area contributed by atoms with Crippen LogP contribution in [0.1, 0.15) is 93.1 Å². The van der Waals surface area contributed by atoms with Gasteiger partial charge in [0.15, 0.2) is 0 Å². The SMILES string of the molecule is CC1(C)c2ccccc2-c2c(-c3ccccc3N(c3ccc(-c4cccc5c(CC6(C)c7ccccc7-c7c(-c8ccccc8N(c8ccc(-c9ccc%10ccccc%10c9)cc8)c8ccc9c(c8)C(c8ccccc8)(c8ccc%10oc%11ccccc%11c%10c8)c8ccccc8-9)cccc76)cccc45)cc3)c3ccc4c(c3)C(c3ccccc3)(c3ccc5oc6ccccc6c5c3)c3ccccc3-4)cccc21. The van der Waals surface area contributed by atoms with Gasteiger partial charge in [0.25, 0.3) is 0 Å². The van der Waals surface area contributed by atoms with Crippen LogP contribution < -0.4 is 9.80 Å². The zero-order valence-electron chi connectivity index (χ0n) is 77.7. The van der Waals surface area contributed by atoms with E-state index in [2.05, 4.69) is 522 Å². The van der Waals surface area contributed by atoms with Crippen molar-refractivity contribution >= 4 is 99.5 Å². The van der Waals surface area contributed by atoms with E-state index in [1.54, 1.807) is 0 Å². The molecule has 0 fully saturated rings. The third kappa shape index (κ3) is 12.0. The van der Waals surface area contributed by atoms with E-state index in [1.807, 2.05) is 0 Å². The fourth-order valence-corrected chi connectivity index (χ4v) is 25.5. The van der Waals surface area contributed by atoms with Gasteiger partial charge >= 0.3 is 0 Å². The van der Waals surface area contributed by atoms with E-state index in [1.165, 1.54) is 161 Å². The van der Waals surface area contributed by atoms with E-state index >= 15 is 0 Å². The molecule has 22 aromatic carbocycles. The molecule has 2 heterocycles. The van der Waals surface area contributed by atoms with Gasteiger partial charge < -0.3 is 18.6 Å². The number of hydrogen-bond donors (Lipinski definition) is 0. The molecule has 4 heteroatoms. The number of fused-ring (bicyclic) bond motifs is 20. The molecular weight excluding hydrogens is 1690 g/mol. The van der Waals surface area contributed by atoms with Gasteiger partial charge in [-0.05, 0) is 281 Å². The zero-order chi connectivity index (χ0) is 92.7.